The lowest BCUT2D eigenvalue weighted by Crippen LogP contribution is -2.35. The van der Waals surface area contributed by atoms with Gasteiger partial charge < -0.3 is 4.90 Å². The third-order valence-electron chi connectivity index (χ3n) is 5.91. The standard InChI is InChI=1S/C21H24ClN7/c1-27-10-5-16-13-17(22)3-4-18(16)29-19(14-27)25-26-20(29)15-6-11-28(12-7-15)21-23-8-2-9-24-21/h2-4,8-9,13,15H,5-7,10-12,14H2,1H3. The Hall–Kier alpha value is -2.51. The van der Waals surface area contributed by atoms with Crippen molar-refractivity contribution in [3.8, 4) is 5.69 Å². The molecule has 0 N–H and O–H groups in total. The van der Waals surface area contributed by atoms with Gasteiger partial charge >= 0.3 is 0 Å². The maximum Gasteiger partial charge on any atom is 0.225 e. The van der Waals surface area contributed by atoms with E-state index in [0.29, 0.717) is 5.92 Å². The Labute approximate surface area is 175 Å². The van der Waals surface area contributed by atoms with Crippen molar-refractivity contribution < 1.29 is 0 Å². The summed E-state index contributed by atoms with van der Waals surface area (Å²) in [5.41, 5.74) is 2.42. The molecule has 0 bridgehead atoms. The SMILES string of the molecule is CN1CCc2cc(Cl)ccc2-n2c(nnc2C2CCN(c3ncccn3)CC2)C1. The lowest BCUT2D eigenvalue weighted by Gasteiger charge is -2.32. The largest absolute Gasteiger partial charge is 0.341 e. The van der Waals surface area contributed by atoms with Gasteiger partial charge in [0, 0.05) is 43.0 Å². The first-order chi connectivity index (χ1) is 14.2. The van der Waals surface area contributed by atoms with Gasteiger partial charge in [-0.25, -0.2) is 9.97 Å². The number of piperidine rings is 1. The van der Waals surface area contributed by atoms with E-state index in [0.717, 1.165) is 68.1 Å². The molecule has 29 heavy (non-hydrogen) atoms. The molecule has 1 saturated heterocycles. The Morgan fingerprint density at radius 1 is 1.03 bits per heavy atom. The molecule has 4 heterocycles. The molecule has 8 heteroatoms. The normalized spacial score (nSPS) is 18.1. The van der Waals surface area contributed by atoms with Crippen LogP contribution in [-0.2, 0) is 13.0 Å². The minimum Gasteiger partial charge on any atom is -0.341 e. The number of likely N-dealkylation sites (N-methyl/N-ethyl adjacent to an activating group) is 1. The van der Waals surface area contributed by atoms with E-state index in [9.17, 15) is 0 Å². The van der Waals surface area contributed by atoms with Gasteiger partial charge in [0.05, 0.1) is 12.2 Å². The smallest absolute Gasteiger partial charge is 0.225 e. The lowest BCUT2D eigenvalue weighted by molar-refractivity contribution is 0.315. The van der Waals surface area contributed by atoms with Gasteiger partial charge in [0.25, 0.3) is 0 Å². The molecule has 7 nitrogen and oxygen atoms in total. The van der Waals surface area contributed by atoms with Crippen LogP contribution >= 0.6 is 11.6 Å². The van der Waals surface area contributed by atoms with Crippen LogP contribution in [0.25, 0.3) is 5.69 Å². The van der Waals surface area contributed by atoms with Crippen molar-refractivity contribution in [1.82, 2.24) is 29.6 Å². The fourth-order valence-corrected chi connectivity index (χ4v) is 4.55. The first-order valence-corrected chi connectivity index (χ1v) is 10.5. The van der Waals surface area contributed by atoms with Crippen molar-refractivity contribution >= 4 is 17.5 Å². The molecule has 3 aromatic rings. The number of halogens is 1. The molecular weight excluding hydrogens is 386 g/mol. The number of hydrogen-bond acceptors (Lipinski definition) is 6. The van der Waals surface area contributed by atoms with Gasteiger partial charge in [-0.05, 0) is 56.1 Å². The molecule has 0 radical (unpaired) electrons. The molecule has 0 saturated carbocycles. The predicted octanol–water partition coefficient (Wildman–Crippen LogP) is 3.08. The Balaban J connectivity index is 1.46. The zero-order chi connectivity index (χ0) is 19.8. The molecule has 2 aliphatic heterocycles. The maximum absolute atomic E-state index is 6.30. The van der Waals surface area contributed by atoms with Crippen LogP contribution in [0.4, 0.5) is 5.95 Å². The molecule has 0 spiro atoms. The van der Waals surface area contributed by atoms with Gasteiger partial charge in [-0.1, -0.05) is 11.6 Å². The highest BCUT2D eigenvalue weighted by Gasteiger charge is 2.29. The summed E-state index contributed by atoms with van der Waals surface area (Å²) in [6.07, 6.45) is 6.58. The molecule has 1 aromatic carbocycles. The first kappa shape index (κ1) is 18.5. The summed E-state index contributed by atoms with van der Waals surface area (Å²) >= 11 is 6.30. The fourth-order valence-electron chi connectivity index (χ4n) is 4.36. The van der Waals surface area contributed by atoms with Crippen molar-refractivity contribution in [2.75, 3.05) is 31.6 Å². The van der Waals surface area contributed by atoms with Gasteiger partial charge in [0.15, 0.2) is 5.82 Å². The average molecular weight is 410 g/mol. The highest BCUT2D eigenvalue weighted by atomic mass is 35.5. The topological polar surface area (TPSA) is 63.0 Å². The predicted molar refractivity (Wildman–Crippen MR) is 113 cm³/mol. The van der Waals surface area contributed by atoms with E-state index in [2.05, 4.69) is 53.7 Å². The minimum atomic E-state index is 0.365. The van der Waals surface area contributed by atoms with E-state index in [4.69, 9.17) is 11.6 Å². The Bertz CT molecular complexity index is 996. The number of fused-ring (bicyclic) bond motifs is 3. The summed E-state index contributed by atoms with van der Waals surface area (Å²) in [6.45, 7) is 3.62. The Kier molecular flexibility index (Phi) is 4.93. The Morgan fingerprint density at radius 2 is 1.83 bits per heavy atom. The third-order valence-corrected chi connectivity index (χ3v) is 6.14. The zero-order valence-corrected chi connectivity index (χ0v) is 17.3. The van der Waals surface area contributed by atoms with Crippen LogP contribution in [0.3, 0.4) is 0 Å². The highest BCUT2D eigenvalue weighted by molar-refractivity contribution is 6.30. The van der Waals surface area contributed by atoms with Crippen LogP contribution < -0.4 is 4.90 Å². The van der Waals surface area contributed by atoms with Gasteiger partial charge in [-0.2, -0.15) is 0 Å². The molecule has 2 aliphatic rings. The minimum absolute atomic E-state index is 0.365. The van der Waals surface area contributed by atoms with Crippen LogP contribution in [0.1, 0.15) is 36.0 Å². The van der Waals surface area contributed by atoms with Crippen molar-refractivity contribution in [2.24, 2.45) is 0 Å². The summed E-state index contributed by atoms with van der Waals surface area (Å²) in [5.74, 6) is 3.24. The van der Waals surface area contributed by atoms with Crippen molar-refractivity contribution in [3.63, 3.8) is 0 Å². The van der Waals surface area contributed by atoms with Crippen LogP contribution in [0.5, 0.6) is 0 Å². The van der Waals surface area contributed by atoms with E-state index >= 15 is 0 Å². The second-order valence-electron chi connectivity index (χ2n) is 7.88. The first-order valence-electron chi connectivity index (χ1n) is 10.1. The van der Waals surface area contributed by atoms with Crippen molar-refractivity contribution in [1.29, 1.82) is 0 Å². The van der Waals surface area contributed by atoms with Gasteiger partial charge in [0.2, 0.25) is 5.95 Å². The second-order valence-corrected chi connectivity index (χ2v) is 8.32. The highest BCUT2D eigenvalue weighted by Crippen LogP contribution is 2.33. The summed E-state index contributed by atoms with van der Waals surface area (Å²) in [4.78, 5) is 13.3. The van der Waals surface area contributed by atoms with Crippen LogP contribution in [0.15, 0.2) is 36.7 Å². The summed E-state index contributed by atoms with van der Waals surface area (Å²) in [6, 6.07) is 8.02. The van der Waals surface area contributed by atoms with Gasteiger partial charge in [-0.3, -0.25) is 9.47 Å². The maximum atomic E-state index is 6.30. The summed E-state index contributed by atoms with van der Waals surface area (Å²) < 4.78 is 2.28. The molecular formula is C21H24ClN7. The molecule has 0 atom stereocenters. The third kappa shape index (κ3) is 3.60. The second kappa shape index (κ2) is 7.72. The zero-order valence-electron chi connectivity index (χ0n) is 16.5. The molecule has 1 fully saturated rings. The number of hydrogen-bond donors (Lipinski definition) is 0. The van der Waals surface area contributed by atoms with Gasteiger partial charge in [0.1, 0.15) is 5.82 Å². The van der Waals surface area contributed by atoms with E-state index < -0.39 is 0 Å². The molecule has 150 valence electrons. The van der Waals surface area contributed by atoms with Crippen molar-refractivity contribution in [3.05, 3.63) is 58.9 Å². The summed E-state index contributed by atoms with van der Waals surface area (Å²) in [5, 5.41) is 10.0. The number of benzene rings is 1. The molecule has 2 aromatic heterocycles. The number of aromatic nitrogens is 5. The quantitative estimate of drug-likeness (QED) is 0.648. The lowest BCUT2D eigenvalue weighted by atomic mass is 9.95. The van der Waals surface area contributed by atoms with Crippen molar-refractivity contribution in [2.45, 2.75) is 31.7 Å². The van der Waals surface area contributed by atoms with E-state index in [1.165, 1.54) is 11.3 Å². The summed E-state index contributed by atoms with van der Waals surface area (Å²) in [7, 11) is 2.13. The van der Waals surface area contributed by atoms with E-state index in [1.807, 2.05) is 12.1 Å². The number of rotatable bonds is 2. The number of nitrogens with zero attached hydrogens (tertiary/aromatic N) is 7. The molecule has 0 unspecified atom stereocenters. The van der Waals surface area contributed by atoms with E-state index in [-0.39, 0.29) is 0 Å². The monoisotopic (exact) mass is 409 g/mol. The van der Waals surface area contributed by atoms with Crippen LogP contribution in [0.2, 0.25) is 5.02 Å². The molecule has 0 aliphatic carbocycles. The number of anilines is 1. The fraction of sp³-hybridized carbons (Fsp3) is 0.429. The van der Waals surface area contributed by atoms with Crippen LogP contribution in [-0.4, -0.2) is 56.3 Å². The van der Waals surface area contributed by atoms with E-state index in [1.54, 1.807) is 12.4 Å². The molecule has 0 amide bonds. The Morgan fingerprint density at radius 3 is 2.62 bits per heavy atom. The van der Waals surface area contributed by atoms with Gasteiger partial charge in [-0.15, -0.1) is 10.2 Å². The van der Waals surface area contributed by atoms with Crippen LogP contribution in [0, 0.1) is 0 Å². The molecule has 5 rings (SSSR count). The average Bonchev–Trinajstić information content (AvgIpc) is 3.15.